The molecule has 0 aliphatic heterocycles. The zero-order valence-corrected chi connectivity index (χ0v) is 11.8. The number of rotatable bonds is 3. The van der Waals surface area contributed by atoms with Gasteiger partial charge in [-0.1, -0.05) is 18.2 Å². The molecule has 110 valence electrons. The zero-order valence-electron chi connectivity index (χ0n) is 11.8. The molecular formula is C16H13N3O3. The van der Waals surface area contributed by atoms with Crippen LogP contribution in [-0.4, -0.2) is 18.9 Å². The molecule has 0 radical (unpaired) electrons. The van der Waals surface area contributed by atoms with E-state index in [1.54, 1.807) is 42.5 Å². The zero-order chi connectivity index (χ0) is 15.9. The van der Waals surface area contributed by atoms with Gasteiger partial charge in [0, 0.05) is 5.69 Å². The van der Waals surface area contributed by atoms with Crippen molar-refractivity contribution in [2.45, 2.75) is 0 Å². The molecule has 0 saturated carbocycles. The SMILES string of the molecule is COc1ccccc1NC(=O)C(=O)Nc1cccc(C#N)c1. The Bertz CT molecular complexity index is 750. The number of nitrogens with zero attached hydrogens (tertiary/aromatic N) is 1. The van der Waals surface area contributed by atoms with Crippen molar-refractivity contribution in [3.8, 4) is 11.8 Å². The van der Waals surface area contributed by atoms with Crippen LogP contribution < -0.4 is 15.4 Å². The fourth-order valence-corrected chi connectivity index (χ4v) is 1.78. The summed E-state index contributed by atoms with van der Waals surface area (Å²) >= 11 is 0. The lowest BCUT2D eigenvalue weighted by Gasteiger charge is -2.10. The van der Waals surface area contributed by atoms with Crippen molar-refractivity contribution in [2.75, 3.05) is 17.7 Å². The monoisotopic (exact) mass is 295 g/mol. The van der Waals surface area contributed by atoms with Gasteiger partial charge in [-0.2, -0.15) is 5.26 Å². The number of carbonyl (C=O) groups excluding carboxylic acids is 2. The maximum Gasteiger partial charge on any atom is 0.314 e. The molecule has 2 aromatic rings. The summed E-state index contributed by atoms with van der Waals surface area (Å²) in [6, 6.07) is 15.0. The first-order valence-corrected chi connectivity index (χ1v) is 6.39. The van der Waals surface area contributed by atoms with Crippen molar-refractivity contribution < 1.29 is 14.3 Å². The maximum atomic E-state index is 11.9. The highest BCUT2D eigenvalue weighted by Crippen LogP contribution is 2.22. The second kappa shape index (κ2) is 6.90. The van der Waals surface area contributed by atoms with Crippen molar-refractivity contribution in [1.29, 1.82) is 5.26 Å². The number of anilines is 2. The van der Waals surface area contributed by atoms with Gasteiger partial charge < -0.3 is 15.4 Å². The molecule has 0 spiro atoms. The molecule has 22 heavy (non-hydrogen) atoms. The molecule has 0 bridgehead atoms. The molecule has 6 nitrogen and oxygen atoms in total. The Morgan fingerprint density at radius 2 is 1.77 bits per heavy atom. The van der Waals surface area contributed by atoms with Crippen LogP contribution in [-0.2, 0) is 9.59 Å². The van der Waals surface area contributed by atoms with Gasteiger partial charge in [-0.15, -0.1) is 0 Å². The number of nitriles is 1. The molecule has 6 heteroatoms. The van der Waals surface area contributed by atoms with Gasteiger partial charge in [0.05, 0.1) is 24.4 Å². The first-order valence-electron chi connectivity index (χ1n) is 6.39. The third-order valence-electron chi connectivity index (χ3n) is 2.81. The van der Waals surface area contributed by atoms with E-state index in [0.29, 0.717) is 22.7 Å². The van der Waals surface area contributed by atoms with Gasteiger partial charge >= 0.3 is 11.8 Å². The number of ether oxygens (including phenoxy) is 1. The Balaban J connectivity index is 2.06. The summed E-state index contributed by atoms with van der Waals surface area (Å²) in [5.41, 5.74) is 1.16. The summed E-state index contributed by atoms with van der Waals surface area (Å²) < 4.78 is 5.09. The summed E-state index contributed by atoms with van der Waals surface area (Å²) in [6.45, 7) is 0. The van der Waals surface area contributed by atoms with Crippen molar-refractivity contribution in [3.63, 3.8) is 0 Å². The fraction of sp³-hybridized carbons (Fsp3) is 0.0625. The van der Waals surface area contributed by atoms with Crippen molar-refractivity contribution in [1.82, 2.24) is 0 Å². The highest BCUT2D eigenvalue weighted by Gasteiger charge is 2.15. The Hall–Kier alpha value is -3.33. The van der Waals surface area contributed by atoms with Gasteiger partial charge in [0.2, 0.25) is 0 Å². The molecule has 0 aliphatic rings. The predicted octanol–water partition coefficient (Wildman–Crippen LogP) is 2.14. The normalized spacial score (nSPS) is 9.45. The second-order valence-corrected chi connectivity index (χ2v) is 4.30. The Labute approximate surface area is 127 Å². The molecule has 2 rings (SSSR count). The Kier molecular flexibility index (Phi) is 4.73. The third kappa shape index (κ3) is 3.61. The van der Waals surface area contributed by atoms with E-state index < -0.39 is 11.8 Å². The molecule has 2 amide bonds. The highest BCUT2D eigenvalue weighted by molar-refractivity contribution is 6.43. The van der Waals surface area contributed by atoms with Crippen molar-refractivity contribution in [3.05, 3.63) is 54.1 Å². The van der Waals surface area contributed by atoms with Gasteiger partial charge in [-0.05, 0) is 30.3 Å². The molecule has 0 fully saturated rings. The van der Waals surface area contributed by atoms with Gasteiger partial charge in [-0.3, -0.25) is 9.59 Å². The second-order valence-electron chi connectivity index (χ2n) is 4.30. The van der Waals surface area contributed by atoms with Gasteiger partial charge in [0.1, 0.15) is 5.75 Å². The van der Waals surface area contributed by atoms with Crippen LogP contribution in [0.2, 0.25) is 0 Å². The van der Waals surface area contributed by atoms with E-state index >= 15 is 0 Å². The van der Waals surface area contributed by atoms with Gasteiger partial charge in [-0.25, -0.2) is 0 Å². The first kappa shape index (κ1) is 15.1. The molecular weight excluding hydrogens is 282 g/mol. The van der Waals surface area contributed by atoms with E-state index in [4.69, 9.17) is 10.00 Å². The van der Waals surface area contributed by atoms with Crippen LogP contribution >= 0.6 is 0 Å². The fourth-order valence-electron chi connectivity index (χ4n) is 1.78. The molecule has 0 unspecified atom stereocenters. The quantitative estimate of drug-likeness (QED) is 0.849. The number of nitrogens with one attached hydrogen (secondary N) is 2. The number of carbonyl (C=O) groups is 2. The summed E-state index contributed by atoms with van der Waals surface area (Å²) in [6.07, 6.45) is 0. The van der Waals surface area contributed by atoms with E-state index in [0.717, 1.165) is 0 Å². The van der Waals surface area contributed by atoms with Crippen LogP contribution in [0.5, 0.6) is 5.75 Å². The molecule has 0 saturated heterocycles. The van der Waals surface area contributed by atoms with Crippen LogP contribution in [0, 0.1) is 11.3 Å². The highest BCUT2D eigenvalue weighted by atomic mass is 16.5. The first-order chi connectivity index (χ1) is 10.6. The van der Waals surface area contributed by atoms with Gasteiger partial charge in [0.15, 0.2) is 0 Å². The number of benzene rings is 2. The number of para-hydroxylation sites is 2. The Morgan fingerprint density at radius 1 is 1.05 bits per heavy atom. The lowest BCUT2D eigenvalue weighted by Crippen LogP contribution is -2.29. The largest absolute Gasteiger partial charge is 0.495 e. The van der Waals surface area contributed by atoms with Crippen LogP contribution in [0.1, 0.15) is 5.56 Å². The van der Waals surface area contributed by atoms with Crippen molar-refractivity contribution >= 4 is 23.2 Å². The minimum atomic E-state index is -0.832. The van der Waals surface area contributed by atoms with Crippen molar-refractivity contribution in [2.24, 2.45) is 0 Å². The minimum absolute atomic E-state index is 0.374. The smallest absolute Gasteiger partial charge is 0.314 e. The number of hydrogen-bond acceptors (Lipinski definition) is 4. The van der Waals surface area contributed by atoms with E-state index in [-0.39, 0.29) is 0 Å². The molecule has 0 aliphatic carbocycles. The van der Waals surface area contributed by atoms with E-state index in [9.17, 15) is 9.59 Å². The maximum absolute atomic E-state index is 11.9. The van der Waals surface area contributed by atoms with Crippen LogP contribution in [0.3, 0.4) is 0 Å². The van der Waals surface area contributed by atoms with Crippen LogP contribution in [0.4, 0.5) is 11.4 Å². The average molecular weight is 295 g/mol. The predicted molar refractivity (Wildman–Crippen MR) is 81.4 cm³/mol. The number of amides is 2. The summed E-state index contributed by atoms with van der Waals surface area (Å²) in [4.78, 5) is 23.8. The van der Waals surface area contributed by atoms with E-state index in [1.165, 1.54) is 13.2 Å². The lowest BCUT2D eigenvalue weighted by molar-refractivity contribution is -0.133. The third-order valence-corrected chi connectivity index (χ3v) is 2.81. The lowest BCUT2D eigenvalue weighted by atomic mass is 10.2. The van der Waals surface area contributed by atoms with Crippen LogP contribution in [0.15, 0.2) is 48.5 Å². The molecule has 0 heterocycles. The standard InChI is InChI=1S/C16H13N3O3/c1-22-14-8-3-2-7-13(14)19-16(21)15(20)18-12-6-4-5-11(9-12)10-17/h2-9H,1H3,(H,18,20)(H,19,21). The topological polar surface area (TPSA) is 91.2 Å². The van der Waals surface area contributed by atoms with E-state index in [2.05, 4.69) is 10.6 Å². The molecule has 0 atom stereocenters. The minimum Gasteiger partial charge on any atom is -0.495 e. The summed E-state index contributed by atoms with van der Waals surface area (Å²) in [5.74, 6) is -1.21. The summed E-state index contributed by atoms with van der Waals surface area (Å²) in [5, 5.41) is 13.7. The van der Waals surface area contributed by atoms with E-state index in [1.807, 2.05) is 6.07 Å². The van der Waals surface area contributed by atoms with Gasteiger partial charge in [0.25, 0.3) is 0 Å². The average Bonchev–Trinajstić information content (AvgIpc) is 2.55. The summed E-state index contributed by atoms with van der Waals surface area (Å²) in [7, 11) is 1.47. The van der Waals surface area contributed by atoms with Crippen LogP contribution in [0.25, 0.3) is 0 Å². The number of methoxy groups -OCH3 is 1. The Morgan fingerprint density at radius 3 is 2.50 bits per heavy atom. The number of hydrogen-bond donors (Lipinski definition) is 2. The molecule has 2 aromatic carbocycles. The molecule has 2 N–H and O–H groups in total. The molecule has 0 aromatic heterocycles.